The standard InChI is InChI=1S/C44H55NO13/c1-22-28(55-38(51)33(48)31(25-15-11-9-12-16-25)45-39(52)58-40(4,5)6)20-43(53)36(56-37(50)26-17-13-10-14-18-26)34-42(57-24(3)46)21-54-29(42)19-27-23(2)44(27,34)35(49)32(47)30(22)41(43,7)8/h9-15,17-18,23,25,27-29,31-34,36,47-48,53H,16,19-21H2,1-8H3,(H,45,52)/t23-,25?,27+,28-,29+,31-,32+,33+,34+,36-,42-,43+,44+/m0/s1. The number of ketones is 1. The second kappa shape index (κ2) is 14.4. The number of amides is 1. The van der Waals surface area contributed by atoms with Gasteiger partial charge in [-0.3, -0.25) is 9.59 Å². The average Bonchev–Trinajstić information content (AvgIpc) is 3.74. The first-order chi connectivity index (χ1) is 27.1. The minimum absolute atomic E-state index is 0.0854. The van der Waals surface area contributed by atoms with Crippen molar-refractivity contribution in [2.45, 2.75) is 128 Å². The number of carbonyl (C=O) groups is 5. The molecule has 14 heteroatoms. The van der Waals surface area contributed by atoms with Crippen LogP contribution < -0.4 is 5.32 Å². The maximum Gasteiger partial charge on any atom is 0.407 e. The third kappa shape index (κ3) is 6.42. The predicted molar refractivity (Wildman–Crippen MR) is 206 cm³/mol. The zero-order chi connectivity index (χ0) is 42.3. The second-order valence-electron chi connectivity index (χ2n) is 18.5. The topological polar surface area (TPSA) is 204 Å². The van der Waals surface area contributed by atoms with Gasteiger partial charge in [-0.15, -0.1) is 0 Å². The molecule has 3 saturated carbocycles. The fourth-order valence-corrected chi connectivity index (χ4v) is 11.0. The van der Waals surface area contributed by atoms with Gasteiger partial charge in [0.15, 0.2) is 17.5 Å². The van der Waals surface area contributed by atoms with E-state index in [1.807, 2.05) is 13.0 Å². The second-order valence-corrected chi connectivity index (χ2v) is 18.5. The lowest BCUT2D eigenvalue weighted by atomic mass is 9.48. The summed E-state index contributed by atoms with van der Waals surface area (Å²) in [4.78, 5) is 69.4. The van der Waals surface area contributed by atoms with E-state index >= 15 is 4.79 Å². The molecule has 314 valence electrons. The molecule has 4 fully saturated rings. The molecular weight excluding hydrogens is 750 g/mol. The Morgan fingerprint density at radius 1 is 1.05 bits per heavy atom. The summed E-state index contributed by atoms with van der Waals surface area (Å²) < 4.78 is 30.1. The molecule has 4 N–H and O–H groups in total. The van der Waals surface area contributed by atoms with Crippen molar-refractivity contribution >= 4 is 29.8 Å². The highest BCUT2D eigenvalue weighted by molar-refractivity contribution is 5.97. The lowest BCUT2D eigenvalue weighted by Crippen LogP contribution is -2.78. The lowest BCUT2D eigenvalue weighted by Gasteiger charge is -2.64. The van der Waals surface area contributed by atoms with Crippen molar-refractivity contribution in [3.05, 3.63) is 71.3 Å². The van der Waals surface area contributed by atoms with Crippen molar-refractivity contribution in [1.29, 1.82) is 0 Å². The van der Waals surface area contributed by atoms with Gasteiger partial charge in [0.1, 0.15) is 35.6 Å². The number of hydrogen-bond acceptors (Lipinski definition) is 13. The summed E-state index contributed by atoms with van der Waals surface area (Å²) in [6, 6.07) is 6.93. The molecule has 0 aromatic heterocycles. The molecule has 7 rings (SSSR count). The third-order valence-electron chi connectivity index (χ3n) is 13.9. The van der Waals surface area contributed by atoms with Gasteiger partial charge in [-0.2, -0.15) is 0 Å². The van der Waals surface area contributed by atoms with Crippen molar-refractivity contribution in [3.63, 3.8) is 0 Å². The number of rotatable bonds is 8. The predicted octanol–water partition coefficient (Wildman–Crippen LogP) is 3.90. The summed E-state index contributed by atoms with van der Waals surface area (Å²) in [5.41, 5.74) is -7.00. The Balaban J connectivity index is 1.33. The molecule has 5 aliphatic carbocycles. The van der Waals surface area contributed by atoms with E-state index in [4.69, 9.17) is 23.7 Å². The number of nitrogens with one attached hydrogen (secondary N) is 1. The smallest absolute Gasteiger partial charge is 0.407 e. The van der Waals surface area contributed by atoms with Gasteiger partial charge < -0.3 is 44.3 Å². The quantitative estimate of drug-likeness (QED) is 0.168. The van der Waals surface area contributed by atoms with Crippen LogP contribution >= 0.6 is 0 Å². The Bertz CT molecular complexity index is 1970. The molecule has 1 saturated heterocycles. The van der Waals surface area contributed by atoms with Crippen LogP contribution in [0.2, 0.25) is 0 Å². The van der Waals surface area contributed by atoms with E-state index in [2.05, 4.69) is 5.32 Å². The van der Waals surface area contributed by atoms with Gasteiger partial charge in [-0.1, -0.05) is 63.3 Å². The van der Waals surface area contributed by atoms with E-state index < -0.39 is 112 Å². The Kier molecular flexibility index (Phi) is 10.4. The van der Waals surface area contributed by atoms with Gasteiger partial charge in [0.05, 0.1) is 24.1 Å². The third-order valence-corrected chi connectivity index (χ3v) is 13.9. The van der Waals surface area contributed by atoms with Crippen molar-refractivity contribution in [2.24, 2.45) is 34.5 Å². The first-order valence-electron chi connectivity index (χ1n) is 20.1. The number of aliphatic hydroxyl groups excluding tert-OH is 2. The highest BCUT2D eigenvalue weighted by Crippen LogP contribution is 2.77. The number of alkyl carbamates (subject to hydrolysis) is 1. The summed E-state index contributed by atoms with van der Waals surface area (Å²) >= 11 is 0. The van der Waals surface area contributed by atoms with Crippen LogP contribution in [0.5, 0.6) is 0 Å². The highest BCUT2D eigenvalue weighted by atomic mass is 16.6. The van der Waals surface area contributed by atoms with Gasteiger partial charge in [0, 0.05) is 30.1 Å². The Hall–Kier alpha value is -4.37. The monoisotopic (exact) mass is 805 g/mol. The zero-order valence-corrected chi connectivity index (χ0v) is 34.2. The Morgan fingerprint density at radius 2 is 1.74 bits per heavy atom. The Morgan fingerprint density at radius 3 is 2.33 bits per heavy atom. The normalized spacial score (nSPS) is 37.9. The zero-order valence-electron chi connectivity index (χ0n) is 34.2. The number of hydrogen-bond donors (Lipinski definition) is 4. The van der Waals surface area contributed by atoms with Crippen LogP contribution in [-0.2, 0) is 38.1 Å². The molecule has 14 nitrogen and oxygen atoms in total. The number of ether oxygens (including phenoxy) is 5. The van der Waals surface area contributed by atoms with Crippen LogP contribution in [0.15, 0.2) is 65.8 Å². The van der Waals surface area contributed by atoms with Gasteiger partial charge in [-0.05, 0) is 75.7 Å². The van der Waals surface area contributed by atoms with Gasteiger partial charge in [0.2, 0.25) is 0 Å². The fraction of sp³-hybridized carbons (Fsp3) is 0.614. The van der Waals surface area contributed by atoms with Crippen molar-refractivity contribution in [1.82, 2.24) is 5.32 Å². The molecule has 2 bridgehead atoms. The van der Waals surface area contributed by atoms with Crippen LogP contribution in [0.3, 0.4) is 0 Å². The van der Waals surface area contributed by atoms with E-state index in [1.165, 1.54) is 6.92 Å². The molecule has 1 amide bonds. The van der Waals surface area contributed by atoms with Crippen molar-refractivity contribution in [3.8, 4) is 0 Å². The molecule has 1 aliphatic heterocycles. The van der Waals surface area contributed by atoms with Crippen LogP contribution in [0.25, 0.3) is 0 Å². The maximum absolute atomic E-state index is 15.2. The number of fused-ring (bicyclic) bond motifs is 4. The molecule has 58 heavy (non-hydrogen) atoms. The van der Waals surface area contributed by atoms with Crippen LogP contribution in [-0.4, -0.2) is 105 Å². The number of carbonyl (C=O) groups excluding carboxylic acids is 5. The van der Waals surface area contributed by atoms with Crippen LogP contribution in [0.1, 0.15) is 85.0 Å². The molecular formula is C44H55NO13. The maximum atomic E-state index is 15.2. The highest BCUT2D eigenvalue weighted by Gasteiger charge is 2.86. The largest absolute Gasteiger partial charge is 0.456 e. The number of Topliss-reactive ketones (excluding diaryl/α,β-unsaturated/α-hetero) is 1. The fourth-order valence-electron chi connectivity index (χ4n) is 11.0. The first-order valence-corrected chi connectivity index (χ1v) is 20.1. The molecule has 1 spiro atoms. The Labute approximate surface area is 338 Å². The molecule has 1 aromatic rings. The molecule has 1 aromatic carbocycles. The van der Waals surface area contributed by atoms with E-state index in [0.717, 1.165) is 0 Å². The summed E-state index contributed by atoms with van der Waals surface area (Å²) in [6.45, 7) is 12.8. The minimum atomic E-state index is -2.20. The average molecular weight is 806 g/mol. The van der Waals surface area contributed by atoms with E-state index in [9.17, 15) is 34.5 Å². The number of benzene rings is 1. The summed E-state index contributed by atoms with van der Waals surface area (Å²) in [6.07, 6.45) is -0.848. The van der Waals surface area contributed by atoms with Gasteiger partial charge >= 0.3 is 24.0 Å². The van der Waals surface area contributed by atoms with Crippen molar-refractivity contribution in [2.75, 3.05) is 6.61 Å². The SMILES string of the molecule is CC(=O)O[C@@]12CO[C@@H]1C[C@@H]1[C@H](C)[C@@]13C(=O)[C@H](O)C1=C(C)[C@@H](OC(=O)[C@H](O)[C@@H](NC(=O)OC(C)(C)C)C4C=CC=CC4)C[C@@](O)([C@@H](OC(=O)c4ccccc4)[C@H]23)C1(C)C. The van der Waals surface area contributed by atoms with Crippen molar-refractivity contribution < 1.29 is 63.0 Å². The number of esters is 3. The van der Waals surface area contributed by atoms with E-state index in [-0.39, 0.29) is 35.2 Å². The molecule has 6 aliphatic rings. The van der Waals surface area contributed by atoms with Gasteiger partial charge in [0.25, 0.3) is 0 Å². The minimum Gasteiger partial charge on any atom is -0.456 e. The van der Waals surface area contributed by atoms with Gasteiger partial charge in [-0.25, -0.2) is 14.4 Å². The number of allylic oxidation sites excluding steroid dienone is 3. The number of aliphatic hydroxyl groups is 3. The van der Waals surface area contributed by atoms with Crippen LogP contribution in [0.4, 0.5) is 4.79 Å². The molecule has 0 radical (unpaired) electrons. The summed E-state index contributed by atoms with van der Waals surface area (Å²) in [7, 11) is 0. The first kappa shape index (κ1) is 41.8. The summed E-state index contributed by atoms with van der Waals surface area (Å²) in [5, 5.41) is 40.2. The molecule has 13 atom stereocenters. The molecule has 1 heterocycles. The molecule has 1 unspecified atom stereocenters. The summed E-state index contributed by atoms with van der Waals surface area (Å²) in [5.74, 6) is -5.68. The van der Waals surface area contributed by atoms with E-state index in [0.29, 0.717) is 12.8 Å². The van der Waals surface area contributed by atoms with E-state index in [1.54, 1.807) is 90.1 Å². The van der Waals surface area contributed by atoms with Crippen LogP contribution in [0, 0.1) is 34.5 Å². The lowest BCUT2D eigenvalue weighted by molar-refractivity contribution is -0.323.